The first-order chi connectivity index (χ1) is 7.11. The summed E-state index contributed by atoms with van der Waals surface area (Å²) in [7, 11) is 0. The number of nitrogens with one attached hydrogen (secondary N) is 1. The first-order valence-corrected chi connectivity index (χ1v) is 5.65. The minimum absolute atomic E-state index is 0.0588. The molecule has 3 unspecified atom stereocenters. The summed E-state index contributed by atoms with van der Waals surface area (Å²) in [6, 6.07) is -0.713. The van der Waals surface area contributed by atoms with E-state index in [9.17, 15) is 9.59 Å². The number of hydrogen-bond donors (Lipinski definition) is 2. The standard InChI is InChI=1S/C11H17NO3/c1-2-9(11(14)15)12-10(13)8-4-6-3-7(6)5-8/h6-9H,2-5H2,1H3,(H,12,13)(H,14,15). The molecule has 2 saturated carbocycles. The van der Waals surface area contributed by atoms with Gasteiger partial charge in [0, 0.05) is 5.92 Å². The zero-order chi connectivity index (χ0) is 11.0. The van der Waals surface area contributed by atoms with Crippen LogP contribution in [0.25, 0.3) is 0 Å². The monoisotopic (exact) mass is 211 g/mol. The van der Waals surface area contributed by atoms with E-state index in [0.29, 0.717) is 6.42 Å². The fourth-order valence-electron chi connectivity index (χ4n) is 2.56. The molecule has 0 aliphatic heterocycles. The number of carboxylic acids is 1. The van der Waals surface area contributed by atoms with Crippen LogP contribution in [0.5, 0.6) is 0 Å². The van der Waals surface area contributed by atoms with E-state index in [1.165, 1.54) is 6.42 Å². The minimum Gasteiger partial charge on any atom is -0.480 e. The molecular formula is C11H17NO3. The number of rotatable bonds is 4. The summed E-state index contributed by atoms with van der Waals surface area (Å²) in [6.45, 7) is 1.77. The van der Waals surface area contributed by atoms with E-state index in [-0.39, 0.29) is 11.8 Å². The Morgan fingerprint density at radius 2 is 1.93 bits per heavy atom. The summed E-state index contributed by atoms with van der Waals surface area (Å²) < 4.78 is 0. The fraction of sp³-hybridized carbons (Fsp3) is 0.818. The molecule has 2 aliphatic rings. The lowest BCUT2D eigenvalue weighted by molar-refractivity contribution is -0.142. The van der Waals surface area contributed by atoms with E-state index in [1.54, 1.807) is 6.92 Å². The predicted molar refractivity (Wildman–Crippen MR) is 54.2 cm³/mol. The smallest absolute Gasteiger partial charge is 0.326 e. The predicted octanol–water partition coefficient (Wildman–Crippen LogP) is 1.01. The van der Waals surface area contributed by atoms with Crippen LogP contribution in [0.2, 0.25) is 0 Å². The van der Waals surface area contributed by atoms with Crippen LogP contribution in [0, 0.1) is 17.8 Å². The molecule has 2 fully saturated rings. The topological polar surface area (TPSA) is 66.4 Å². The molecule has 4 nitrogen and oxygen atoms in total. The van der Waals surface area contributed by atoms with Gasteiger partial charge in [0.05, 0.1) is 0 Å². The Balaban J connectivity index is 1.83. The molecule has 1 amide bonds. The Hall–Kier alpha value is -1.06. The molecule has 4 heteroatoms. The van der Waals surface area contributed by atoms with Crippen molar-refractivity contribution >= 4 is 11.9 Å². The van der Waals surface area contributed by atoms with Gasteiger partial charge in [0.25, 0.3) is 0 Å². The zero-order valence-electron chi connectivity index (χ0n) is 8.90. The van der Waals surface area contributed by atoms with Gasteiger partial charge in [0.1, 0.15) is 6.04 Å². The third-order valence-corrected chi connectivity index (χ3v) is 3.64. The van der Waals surface area contributed by atoms with Gasteiger partial charge in [0.15, 0.2) is 0 Å². The molecule has 0 bridgehead atoms. The Morgan fingerprint density at radius 1 is 1.33 bits per heavy atom. The average molecular weight is 211 g/mol. The zero-order valence-corrected chi connectivity index (χ0v) is 8.90. The van der Waals surface area contributed by atoms with Crippen LogP contribution in [0.4, 0.5) is 0 Å². The number of carboxylic acid groups (broad SMARTS) is 1. The number of carbonyl (C=O) groups excluding carboxylic acids is 1. The van der Waals surface area contributed by atoms with Crippen molar-refractivity contribution in [2.45, 2.75) is 38.6 Å². The number of carbonyl (C=O) groups is 2. The number of amides is 1. The van der Waals surface area contributed by atoms with Crippen molar-refractivity contribution in [3.63, 3.8) is 0 Å². The van der Waals surface area contributed by atoms with Gasteiger partial charge in [-0.25, -0.2) is 4.79 Å². The normalized spacial score (nSPS) is 34.3. The maximum Gasteiger partial charge on any atom is 0.326 e. The first-order valence-electron chi connectivity index (χ1n) is 5.65. The Labute approximate surface area is 89.0 Å². The van der Waals surface area contributed by atoms with Crippen molar-refractivity contribution in [3.8, 4) is 0 Å². The first kappa shape index (κ1) is 10.5. The Bertz CT molecular complexity index is 280. The van der Waals surface area contributed by atoms with Crippen molar-refractivity contribution in [2.75, 3.05) is 0 Å². The summed E-state index contributed by atoms with van der Waals surface area (Å²) in [5.74, 6) is 0.587. The molecule has 84 valence electrons. The molecule has 0 aromatic rings. The maximum atomic E-state index is 11.7. The third kappa shape index (κ3) is 2.13. The van der Waals surface area contributed by atoms with Crippen LogP contribution < -0.4 is 5.32 Å². The molecule has 0 aromatic heterocycles. The Morgan fingerprint density at radius 3 is 2.40 bits per heavy atom. The van der Waals surface area contributed by atoms with Gasteiger partial charge in [0.2, 0.25) is 5.91 Å². The number of fused-ring (bicyclic) bond motifs is 1. The fourth-order valence-corrected chi connectivity index (χ4v) is 2.56. The van der Waals surface area contributed by atoms with Crippen LogP contribution in [0.3, 0.4) is 0 Å². The summed E-state index contributed by atoms with van der Waals surface area (Å²) in [4.78, 5) is 22.5. The second kappa shape index (κ2) is 3.83. The van der Waals surface area contributed by atoms with Crippen LogP contribution in [0.1, 0.15) is 32.6 Å². The van der Waals surface area contributed by atoms with E-state index in [2.05, 4.69) is 5.32 Å². The average Bonchev–Trinajstić information content (AvgIpc) is 2.81. The summed E-state index contributed by atoms with van der Waals surface area (Å²) >= 11 is 0. The van der Waals surface area contributed by atoms with Crippen molar-refractivity contribution in [3.05, 3.63) is 0 Å². The highest BCUT2D eigenvalue weighted by molar-refractivity contribution is 5.85. The summed E-state index contributed by atoms with van der Waals surface area (Å²) in [5, 5.41) is 11.4. The molecule has 2 aliphatic carbocycles. The molecule has 2 rings (SSSR count). The van der Waals surface area contributed by atoms with Gasteiger partial charge in [-0.05, 0) is 37.5 Å². The second-order valence-corrected chi connectivity index (χ2v) is 4.73. The van der Waals surface area contributed by atoms with Gasteiger partial charge >= 0.3 is 5.97 Å². The van der Waals surface area contributed by atoms with Crippen molar-refractivity contribution in [2.24, 2.45) is 17.8 Å². The maximum absolute atomic E-state index is 11.7. The molecule has 0 radical (unpaired) electrons. The number of aliphatic carboxylic acids is 1. The molecule has 3 atom stereocenters. The van der Waals surface area contributed by atoms with Gasteiger partial charge in [-0.2, -0.15) is 0 Å². The van der Waals surface area contributed by atoms with Crippen molar-refractivity contribution in [1.82, 2.24) is 5.32 Å². The van der Waals surface area contributed by atoms with E-state index < -0.39 is 12.0 Å². The molecular weight excluding hydrogens is 194 g/mol. The molecule has 2 N–H and O–H groups in total. The molecule has 0 spiro atoms. The quantitative estimate of drug-likeness (QED) is 0.729. The van der Waals surface area contributed by atoms with E-state index in [1.807, 2.05) is 0 Å². The highest BCUT2D eigenvalue weighted by Gasteiger charge is 2.48. The van der Waals surface area contributed by atoms with Crippen LogP contribution in [-0.2, 0) is 9.59 Å². The van der Waals surface area contributed by atoms with Gasteiger partial charge < -0.3 is 10.4 Å². The van der Waals surface area contributed by atoms with Crippen molar-refractivity contribution in [1.29, 1.82) is 0 Å². The van der Waals surface area contributed by atoms with Crippen LogP contribution in [0.15, 0.2) is 0 Å². The molecule has 0 heterocycles. The van der Waals surface area contributed by atoms with Crippen LogP contribution in [-0.4, -0.2) is 23.0 Å². The Kier molecular flexibility index (Phi) is 2.67. The third-order valence-electron chi connectivity index (χ3n) is 3.64. The van der Waals surface area contributed by atoms with E-state index in [0.717, 1.165) is 24.7 Å². The van der Waals surface area contributed by atoms with Crippen LogP contribution >= 0.6 is 0 Å². The van der Waals surface area contributed by atoms with Gasteiger partial charge in [-0.15, -0.1) is 0 Å². The van der Waals surface area contributed by atoms with Gasteiger partial charge in [-0.1, -0.05) is 6.92 Å². The minimum atomic E-state index is -0.936. The molecule has 0 saturated heterocycles. The second-order valence-electron chi connectivity index (χ2n) is 4.73. The van der Waals surface area contributed by atoms with Gasteiger partial charge in [-0.3, -0.25) is 4.79 Å². The summed E-state index contributed by atoms with van der Waals surface area (Å²) in [6.07, 6.45) is 3.65. The molecule has 15 heavy (non-hydrogen) atoms. The van der Waals surface area contributed by atoms with Crippen molar-refractivity contribution < 1.29 is 14.7 Å². The number of hydrogen-bond acceptors (Lipinski definition) is 2. The lowest BCUT2D eigenvalue weighted by Crippen LogP contribution is -2.43. The lowest BCUT2D eigenvalue weighted by atomic mass is 10.0. The SMILES string of the molecule is CCC(NC(=O)C1CC2CC2C1)C(=O)O. The highest BCUT2D eigenvalue weighted by atomic mass is 16.4. The van der Waals surface area contributed by atoms with E-state index >= 15 is 0 Å². The largest absolute Gasteiger partial charge is 0.480 e. The summed E-state index contributed by atoms with van der Waals surface area (Å²) in [5.41, 5.74) is 0. The highest BCUT2D eigenvalue weighted by Crippen LogP contribution is 2.54. The molecule has 0 aromatic carbocycles. The van der Waals surface area contributed by atoms with E-state index in [4.69, 9.17) is 5.11 Å². The lowest BCUT2D eigenvalue weighted by Gasteiger charge is -2.16.